The van der Waals surface area contributed by atoms with Crippen molar-refractivity contribution in [3.05, 3.63) is 69.7 Å². The highest BCUT2D eigenvalue weighted by molar-refractivity contribution is 6.30. The van der Waals surface area contributed by atoms with Crippen molar-refractivity contribution in [3.63, 3.8) is 0 Å². The van der Waals surface area contributed by atoms with E-state index in [1.54, 1.807) is 4.90 Å². The highest BCUT2D eigenvalue weighted by atomic mass is 35.5. The number of rotatable bonds is 1. The van der Waals surface area contributed by atoms with Crippen LogP contribution in [0.2, 0.25) is 5.02 Å². The van der Waals surface area contributed by atoms with Gasteiger partial charge in [-0.1, -0.05) is 17.7 Å². The van der Waals surface area contributed by atoms with E-state index in [0.29, 0.717) is 11.6 Å². The van der Waals surface area contributed by atoms with Gasteiger partial charge in [0.1, 0.15) is 6.54 Å². The lowest BCUT2D eigenvalue weighted by molar-refractivity contribution is -0.139. The summed E-state index contributed by atoms with van der Waals surface area (Å²) in [7, 11) is 0. The molecule has 0 radical (unpaired) electrons. The number of carbonyl (C=O) groups excluding carboxylic acids is 2. The van der Waals surface area contributed by atoms with E-state index in [2.05, 4.69) is 0 Å². The number of piperazine rings is 1. The van der Waals surface area contributed by atoms with Crippen LogP contribution < -0.4 is 0 Å². The Morgan fingerprint density at radius 3 is 2.69 bits per heavy atom. The summed E-state index contributed by atoms with van der Waals surface area (Å²) in [6.07, 6.45) is 0.742. The topological polar surface area (TPSA) is 40.6 Å². The Morgan fingerprint density at radius 1 is 1.12 bits per heavy atom. The summed E-state index contributed by atoms with van der Waals surface area (Å²) in [5, 5.41) is 0.571. The minimum Gasteiger partial charge on any atom is -0.332 e. The van der Waals surface area contributed by atoms with Crippen LogP contribution in [-0.2, 0) is 11.2 Å². The smallest absolute Gasteiger partial charge is 0.254 e. The quantitative estimate of drug-likeness (QED) is 0.767. The molecule has 1 unspecified atom stereocenters. The molecule has 0 aliphatic carbocycles. The molecule has 1 saturated heterocycles. The third kappa shape index (κ3) is 2.84. The lowest BCUT2D eigenvalue weighted by Crippen LogP contribution is -2.55. The third-order valence-corrected chi connectivity index (χ3v) is 5.19. The van der Waals surface area contributed by atoms with E-state index in [1.807, 2.05) is 18.2 Å². The summed E-state index contributed by atoms with van der Waals surface area (Å²) in [6.45, 7) is 0.798. The van der Waals surface area contributed by atoms with Gasteiger partial charge in [0, 0.05) is 23.7 Å². The molecule has 0 aromatic heterocycles. The molecular weight excluding hydrogens is 362 g/mol. The molecule has 0 saturated carbocycles. The number of halogens is 3. The van der Waals surface area contributed by atoms with Crippen molar-refractivity contribution in [2.75, 3.05) is 19.6 Å². The molecule has 2 aliphatic heterocycles. The molecule has 0 bridgehead atoms. The molecule has 2 aromatic carbocycles. The number of fused-ring (bicyclic) bond motifs is 3. The molecule has 2 aromatic rings. The molecule has 0 N–H and O–H groups in total. The molecule has 26 heavy (non-hydrogen) atoms. The minimum atomic E-state index is -1.09. The SMILES string of the molecule is O=C(c1ccc(F)c(F)c1)N1CC(=O)N2CCc3ccc(Cl)cc3C2C1. The second-order valence-corrected chi connectivity index (χ2v) is 6.95. The Hall–Kier alpha value is -2.47. The lowest BCUT2D eigenvalue weighted by atomic mass is 9.90. The van der Waals surface area contributed by atoms with Crippen LogP contribution in [0.1, 0.15) is 27.5 Å². The second kappa shape index (κ2) is 6.36. The molecule has 1 fully saturated rings. The zero-order valence-electron chi connectivity index (χ0n) is 13.7. The van der Waals surface area contributed by atoms with Crippen LogP contribution >= 0.6 is 11.6 Å². The fourth-order valence-electron chi connectivity index (χ4n) is 3.66. The second-order valence-electron chi connectivity index (χ2n) is 6.51. The van der Waals surface area contributed by atoms with E-state index in [4.69, 9.17) is 11.6 Å². The van der Waals surface area contributed by atoms with Crippen LogP contribution in [-0.4, -0.2) is 41.2 Å². The largest absolute Gasteiger partial charge is 0.332 e. The van der Waals surface area contributed by atoms with Gasteiger partial charge in [0.2, 0.25) is 5.91 Å². The van der Waals surface area contributed by atoms with Gasteiger partial charge in [-0.3, -0.25) is 9.59 Å². The van der Waals surface area contributed by atoms with Crippen LogP contribution in [0.3, 0.4) is 0 Å². The van der Waals surface area contributed by atoms with E-state index in [1.165, 1.54) is 11.0 Å². The molecule has 4 rings (SSSR count). The fraction of sp³-hybridized carbons (Fsp3) is 0.263. The number of carbonyl (C=O) groups is 2. The fourth-order valence-corrected chi connectivity index (χ4v) is 3.84. The van der Waals surface area contributed by atoms with Gasteiger partial charge in [-0.25, -0.2) is 8.78 Å². The van der Waals surface area contributed by atoms with E-state index < -0.39 is 17.5 Å². The van der Waals surface area contributed by atoms with Crippen LogP contribution in [0, 0.1) is 11.6 Å². The van der Waals surface area contributed by atoms with E-state index >= 15 is 0 Å². The van der Waals surface area contributed by atoms with E-state index in [0.717, 1.165) is 29.7 Å². The van der Waals surface area contributed by atoms with Gasteiger partial charge in [0.15, 0.2) is 11.6 Å². The van der Waals surface area contributed by atoms with E-state index in [9.17, 15) is 18.4 Å². The predicted octanol–water partition coefficient (Wildman–Crippen LogP) is 3.20. The minimum absolute atomic E-state index is 0.0206. The van der Waals surface area contributed by atoms with Crippen molar-refractivity contribution in [1.29, 1.82) is 0 Å². The summed E-state index contributed by atoms with van der Waals surface area (Å²) in [5.74, 6) is -2.76. The predicted molar refractivity (Wildman–Crippen MR) is 91.9 cm³/mol. The summed E-state index contributed by atoms with van der Waals surface area (Å²) in [5.41, 5.74) is 2.05. The molecule has 7 heteroatoms. The standard InChI is InChI=1S/C19H15ClF2N2O2/c20-13-3-1-11-5-6-24-17(14(11)8-13)9-23(10-18(24)25)19(26)12-2-4-15(21)16(22)7-12/h1-4,7-8,17H,5-6,9-10H2. The van der Waals surface area contributed by atoms with Crippen LogP contribution in [0.4, 0.5) is 8.78 Å². The highest BCUT2D eigenvalue weighted by Gasteiger charge is 2.38. The van der Waals surface area contributed by atoms with Crippen molar-refractivity contribution in [3.8, 4) is 0 Å². The number of amides is 2. The van der Waals surface area contributed by atoms with Gasteiger partial charge in [0.05, 0.1) is 6.04 Å². The van der Waals surface area contributed by atoms with Gasteiger partial charge in [-0.15, -0.1) is 0 Å². The molecular formula is C19H15ClF2N2O2. The van der Waals surface area contributed by atoms with Crippen LogP contribution in [0.5, 0.6) is 0 Å². The van der Waals surface area contributed by atoms with Crippen LogP contribution in [0.15, 0.2) is 36.4 Å². The first-order valence-electron chi connectivity index (χ1n) is 8.26. The van der Waals surface area contributed by atoms with Crippen molar-refractivity contribution in [1.82, 2.24) is 9.80 Å². The molecule has 2 aliphatic rings. The maximum atomic E-state index is 13.5. The Morgan fingerprint density at radius 2 is 1.92 bits per heavy atom. The number of hydrogen-bond acceptors (Lipinski definition) is 2. The van der Waals surface area contributed by atoms with Crippen molar-refractivity contribution >= 4 is 23.4 Å². The number of hydrogen-bond donors (Lipinski definition) is 0. The maximum Gasteiger partial charge on any atom is 0.254 e. The zero-order valence-corrected chi connectivity index (χ0v) is 14.5. The average molecular weight is 377 g/mol. The molecule has 4 nitrogen and oxygen atoms in total. The maximum absolute atomic E-state index is 13.5. The normalized spacial score (nSPS) is 19.2. The first kappa shape index (κ1) is 17.0. The zero-order chi connectivity index (χ0) is 18.4. The van der Waals surface area contributed by atoms with Crippen LogP contribution in [0.25, 0.3) is 0 Å². The first-order valence-corrected chi connectivity index (χ1v) is 8.64. The summed E-state index contributed by atoms with van der Waals surface area (Å²) in [4.78, 5) is 28.4. The summed E-state index contributed by atoms with van der Waals surface area (Å²) in [6, 6.07) is 8.29. The Balaban J connectivity index is 1.65. The van der Waals surface area contributed by atoms with Crippen molar-refractivity contribution < 1.29 is 18.4 Å². The van der Waals surface area contributed by atoms with E-state index in [-0.39, 0.29) is 30.6 Å². The molecule has 2 amide bonds. The van der Waals surface area contributed by atoms with Gasteiger partial charge in [0.25, 0.3) is 5.91 Å². The van der Waals surface area contributed by atoms with Crippen molar-refractivity contribution in [2.45, 2.75) is 12.5 Å². The molecule has 1 atom stereocenters. The monoisotopic (exact) mass is 376 g/mol. The summed E-state index contributed by atoms with van der Waals surface area (Å²) < 4.78 is 26.6. The van der Waals surface area contributed by atoms with Crippen molar-refractivity contribution in [2.24, 2.45) is 0 Å². The molecule has 0 spiro atoms. The van der Waals surface area contributed by atoms with Gasteiger partial charge < -0.3 is 9.80 Å². The Kier molecular flexibility index (Phi) is 4.15. The molecule has 134 valence electrons. The molecule has 2 heterocycles. The highest BCUT2D eigenvalue weighted by Crippen LogP contribution is 2.35. The number of benzene rings is 2. The average Bonchev–Trinajstić information content (AvgIpc) is 2.63. The Labute approximate surface area is 154 Å². The Bertz CT molecular complexity index is 918. The van der Waals surface area contributed by atoms with Gasteiger partial charge in [-0.05, 0) is 47.9 Å². The third-order valence-electron chi connectivity index (χ3n) is 4.96. The number of nitrogens with zero attached hydrogens (tertiary/aromatic N) is 2. The van der Waals surface area contributed by atoms with Gasteiger partial charge in [-0.2, -0.15) is 0 Å². The first-order chi connectivity index (χ1) is 12.4. The lowest BCUT2D eigenvalue weighted by Gasteiger charge is -2.44. The van der Waals surface area contributed by atoms with Gasteiger partial charge >= 0.3 is 0 Å². The summed E-state index contributed by atoms with van der Waals surface area (Å²) >= 11 is 6.11.